The molecule has 0 aliphatic heterocycles. The van der Waals surface area contributed by atoms with Crippen molar-refractivity contribution in [2.24, 2.45) is 5.92 Å². The number of carbonyl (C=O) groups is 1. The Morgan fingerprint density at radius 3 is 2.28 bits per heavy atom. The van der Waals surface area contributed by atoms with Gasteiger partial charge in [0.15, 0.2) is 5.78 Å². The van der Waals surface area contributed by atoms with Crippen LogP contribution in [0.25, 0.3) is 0 Å². The van der Waals surface area contributed by atoms with Crippen LogP contribution in [0.15, 0.2) is 18.2 Å². The SMILES string of the molecule is O=C(c1cccc(Cl)c1Cl)C1CCCCCCC1. The molecule has 98 valence electrons. The van der Waals surface area contributed by atoms with Crippen LogP contribution in [0.3, 0.4) is 0 Å². The van der Waals surface area contributed by atoms with Crippen molar-refractivity contribution in [1.29, 1.82) is 0 Å². The molecule has 1 aromatic rings. The van der Waals surface area contributed by atoms with Crippen LogP contribution in [-0.4, -0.2) is 5.78 Å². The summed E-state index contributed by atoms with van der Waals surface area (Å²) in [7, 11) is 0. The molecule has 0 saturated heterocycles. The second-order valence-electron chi connectivity index (χ2n) is 5.01. The van der Waals surface area contributed by atoms with Gasteiger partial charge in [-0.05, 0) is 25.0 Å². The molecule has 1 aromatic carbocycles. The highest BCUT2D eigenvalue weighted by Gasteiger charge is 2.23. The third-order valence-electron chi connectivity index (χ3n) is 3.69. The molecule has 0 radical (unpaired) electrons. The van der Waals surface area contributed by atoms with Gasteiger partial charge in [0.05, 0.1) is 10.0 Å². The van der Waals surface area contributed by atoms with Crippen molar-refractivity contribution in [3.8, 4) is 0 Å². The number of Topliss-reactive ketones (excluding diaryl/α,β-unsaturated/α-hetero) is 1. The van der Waals surface area contributed by atoms with Crippen molar-refractivity contribution < 1.29 is 4.79 Å². The summed E-state index contributed by atoms with van der Waals surface area (Å²) >= 11 is 12.1. The van der Waals surface area contributed by atoms with Gasteiger partial charge >= 0.3 is 0 Å². The first kappa shape index (κ1) is 13.9. The van der Waals surface area contributed by atoms with E-state index in [1.165, 1.54) is 19.3 Å². The standard InChI is InChI=1S/C15H18Cl2O/c16-13-10-6-9-12(14(13)17)15(18)11-7-4-2-1-3-5-8-11/h6,9-11H,1-5,7-8H2. The molecule has 1 aliphatic rings. The Kier molecular flexibility index (Phi) is 5.08. The zero-order valence-corrected chi connectivity index (χ0v) is 11.9. The lowest BCUT2D eigenvalue weighted by Crippen LogP contribution is -2.16. The topological polar surface area (TPSA) is 17.1 Å². The van der Waals surface area contributed by atoms with Crippen LogP contribution in [0, 0.1) is 5.92 Å². The highest BCUT2D eigenvalue weighted by molar-refractivity contribution is 6.43. The zero-order valence-electron chi connectivity index (χ0n) is 10.4. The molecule has 0 atom stereocenters. The van der Waals surface area contributed by atoms with Gasteiger partial charge in [-0.2, -0.15) is 0 Å². The van der Waals surface area contributed by atoms with E-state index in [4.69, 9.17) is 23.2 Å². The number of hydrogen-bond donors (Lipinski definition) is 0. The van der Waals surface area contributed by atoms with E-state index >= 15 is 0 Å². The van der Waals surface area contributed by atoms with E-state index in [2.05, 4.69) is 0 Å². The van der Waals surface area contributed by atoms with Gasteiger partial charge in [-0.3, -0.25) is 4.79 Å². The fourth-order valence-electron chi connectivity index (χ4n) is 2.63. The summed E-state index contributed by atoms with van der Waals surface area (Å²) < 4.78 is 0. The first-order chi connectivity index (χ1) is 8.70. The Hall–Kier alpha value is -0.530. The number of ketones is 1. The maximum absolute atomic E-state index is 12.5. The fraction of sp³-hybridized carbons (Fsp3) is 0.533. The molecule has 0 heterocycles. The van der Waals surface area contributed by atoms with E-state index in [-0.39, 0.29) is 11.7 Å². The molecule has 1 nitrogen and oxygen atoms in total. The van der Waals surface area contributed by atoms with E-state index in [1.807, 2.05) is 0 Å². The van der Waals surface area contributed by atoms with Crippen LogP contribution in [0.5, 0.6) is 0 Å². The van der Waals surface area contributed by atoms with Crippen LogP contribution in [0.1, 0.15) is 55.3 Å². The van der Waals surface area contributed by atoms with Gasteiger partial charge in [0.2, 0.25) is 0 Å². The van der Waals surface area contributed by atoms with E-state index < -0.39 is 0 Å². The minimum Gasteiger partial charge on any atom is -0.294 e. The highest BCUT2D eigenvalue weighted by Crippen LogP contribution is 2.31. The van der Waals surface area contributed by atoms with Gasteiger partial charge in [-0.1, -0.05) is 61.4 Å². The summed E-state index contributed by atoms with van der Waals surface area (Å²) in [6.45, 7) is 0. The maximum Gasteiger partial charge on any atom is 0.167 e. The summed E-state index contributed by atoms with van der Waals surface area (Å²) in [6.07, 6.45) is 8.06. The molecule has 1 saturated carbocycles. The van der Waals surface area contributed by atoms with Crippen molar-refractivity contribution in [2.45, 2.75) is 44.9 Å². The smallest absolute Gasteiger partial charge is 0.167 e. The molecule has 0 unspecified atom stereocenters. The molecule has 0 N–H and O–H groups in total. The fourth-order valence-corrected chi connectivity index (χ4v) is 3.03. The average molecular weight is 285 g/mol. The average Bonchev–Trinajstić information content (AvgIpc) is 2.31. The van der Waals surface area contributed by atoms with Gasteiger partial charge in [0.25, 0.3) is 0 Å². The Morgan fingerprint density at radius 1 is 1.00 bits per heavy atom. The molecule has 0 aromatic heterocycles. The quantitative estimate of drug-likeness (QED) is 0.652. The second-order valence-corrected chi connectivity index (χ2v) is 5.79. The van der Waals surface area contributed by atoms with Crippen LogP contribution in [0.4, 0.5) is 0 Å². The predicted octanol–water partition coefficient (Wildman–Crippen LogP) is 5.54. The first-order valence-electron chi connectivity index (χ1n) is 6.68. The van der Waals surface area contributed by atoms with Gasteiger partial charge in [0, 0.05) is 11.5 Å². The third kappa shape index (κ3) is 3.27. The number of benzene rings is 1. The molecular weight excluding hydrogens is 267 g/mol. The monoisotopic (exact) mass is 284 g/mol. The summed E-state index contributed by atoms with van der Waals surface area (Å²) in [5.74, 6) is 0.297. The zero-order chi connectivity index (χ0) is 13.0. The normalized spacial score (nSPS) is 18.1. The lowest BCUT2D eigenvalue weighted by atomic mass is 9.85. The number of rotatable bonds is 2. The van der Waals surface area contributed by atoms with E-state index in [0.29, 0.717) is 15.6 Å². The van der Waals surface area contributed by atoms with Crippen molar-refractivity contribution in [3.05, 3.63) is 33.8 Å². The molecule has 2 rings (SSSR count). The largest absolute Gasteiger partial charge is 0.294 e. The Labute approximate surface area is 118 Å². The Bertz CT molecular complexity index is 421. The second kappa shape index (κ2) is 6.58. The van der Waals surface area contributed by atoms with Crippen molar-refractivity contribution in [3.63, 3.8) is 0 Å². The molecular formula is C15H18Cl2O. The minimum atomic E-state index is 0.126. The Morgan fingerprint density at radius 2 is 1.61 bits per heavy atom. The van der Waals surface area contributed by atoms with E-state index in [0.717, 1.165) is 25.7 Å². The number of halogens is 2. The van der Waals surface area contributed by atoms with Crippen LogP contribution in [0.2, 0.25) is 10.0 Å². The van der Waals surface area contributed by atoms with Gasteiger partial charge in [-0.25, -0.2) is 0 Å². The predicted molar refractivity (Wildman–Crippen MR) is 76.6 cm³/mol. The maximum atomic E-state index is 12.5. The number of carbonyl (C=O) groups excluding carboxylic acids is 1. The minimum absolute atomic E-state index is 0.126. The summed E-state index contributed by atoms with van der Waals surface area (Å²) in [5, 5.41) is 0.875. The van der Waals surface area contributed by atoms with Gasteiger partial charge < -0.3 is 0 Å². The van der Waals surface area contributed by atoms with Crippen LogP contribution >= 0.6 is 23.2 Å². The molecule has 3 heteroatoms. The van der Waals surface area contributed by atoms with E-state index in [1.54, 1.807) is 18.2 Å². The molecule has 0 spiro atoms. The summed E-state index contributed by atoms with van der Waals surface area (Å²) in [6, 6.07) is 5.30. The van der Waals surface area contributed by atoms with Gasteiger partial charge in [0.1, 0.15) is 0 Å². The molecule has 0 bridgehead atoms. The van der Waals surface area contributed by atoms with Crippen molar-refractivity contribution >= 4 is 29.0 Å². The lowest BCUT2D eigenvalue weighted by Gasteiger charge is -2.19. The van der Waals surface area contributed by atoms with Crippen LogP contribution < -0.4 is 0 Å². The number of hydrogen-bond acceptors (Lipinski definition) is 1. The Balaban J connectivity index is 2.16. The molecule has 18 heavy (non-hydrogen) atoms. The summed E-state index contributed by atoms with van der Waals surface area (Å²) in [5.41, 5.74) is 0.592. The van der Waals surface area contributed by atoms with E-state index in [9.17, 15) is 4.79 Å². The first-order valence-corrected chi connectivity index (χ1v) is 7.44. The molecule has 0 amide bonds. The van der Waals surface area contributed by atoms with Gasteiger partial charge in [-0.15, -0.1) is 0 Å². The van der Waals surface area contributed by atoms with Crippen molar-refractivity contribution in [1.82, 2.24) is 0 Å². The molecule has 1 aliphatic carbocycles. The highest BCUT2D eigenvalue weighted by atomic mass is 35.5. The van der Waals surface area contributed by atoms with Crippen LogP contribution in [-0.2, 0) is 0 Å². The summed E-state index contributed by atoms with van der Waals surface area (Å²) in [4.78, 5) is 12.5. The molecule has 1 fully saturated rings. The lowest BCUT2D eigenvalue weighted by molar-refractivity contribution is 0.0898. The van der Waals surface area contributed by atoms with Crippen molar-refractivity contribution in [2.75, 3.05) is 0 Å². The third-order valence-corrected chi connectivity index (χ3v) is 4.51.